The Kier molecular flexibility index (Phi) is 5.78. The summed E-state index contributed by atoms with van der Waals surface area (Å²) in [5.74, 6) is -0.271. The smallest absolute Gasteiger partial charge is 0.134 e. The fraction of sp³-hybridized carbons (Fsp3) is 0.318. The van der Waals surface area contributed by atoms with Gasteiger partial charge < -0.3 is 4.90 Å². The van der Waals surface area contributed by atoms with Crippen LogP contribution in [0, 0.1) is 5.82 Å². The zero-order valence-corrected chi connectivity index (χ0v) is 18.3. The van der Waals surface area contributed by atoms with Gasteiger partial charge in [-0.2, -0.15) is 0 Å². The Labute approximate surface area is 173 Å². The maximum atomic E-state index is 14.8. The molecule has 0 fully saturated rings. The third-order valence-electron chi connectivity index (χ3n) is 4.80. The van der Waals surface area contributed by atoms with Gasteiger partial charge in [-0.1, -0.05) is 24.6 Å². The lowest BCUT2D eigenvalue weighted by Gasteiger charge is -2.43. The molecule has 3 rings (SSSR count). The number of rotatable bonds is 4. The Hall–Kier alpha value is -1.65. The van der Waals surface area contributed by atoms with Crippen molar-refractivity contribution in [2.45, 2.75) is 39.7 Å². The van der Waals surface area contributed by atoms with Gasteiger partial charge in [-0.3, -0.25) is 4.99 Å². The van der Waals surface area contributed by atoms with E-state index in [9.17, 15) is 4.39 Å². The van der Waals surface area contributed by atoms with Crippen molar-refractivity contribution in [3.05, 3.63) is 62.8 Å². The van der Waals surface area contributed by atoms with Crippen LogP contribution in [-0.2, 0) is 0 Å². The van der Waals surface area contributed by atoms with Gasteiger partial charge in [0.15, 0.2) is 0 Å². The van der Waals surface area contributed by atoms with E-state index in [1.54, 1.807) is 18.3 Å². The molecule has 27 heavy (non-hydrogen) atoms. The fourth-order valence-corrected chi connectivity index (χ4v) is 3.98. The Morgan fingerprint density at radius 2 is 2.00 bits per heavy atom. The van der Waals surface area contributed by atoms with Crippen LogP contribution in [0.4, 0.5) is 15.8 Å². The number of aliphatic imine (C=N–C) groups is 1. The van der Waals surface area contributed by atoms with Crippen molar-refractivity contribution in [2.24, 2.45) is 4.99 Å². The van der Waals surface area contributed by atoms with E-state index in [4.69, 9.17) is 11.6 Å². The summed E-state index contributed by atoms with van der Waals surface area (Å²) in [5, 5.41) is 0.576. The summed E-state index contributed by atoms with van der Waals surface area (Å²) >= 11 is 9.46. The average molecular weight is 450 g/mol. The van der Waals surface area contributed by atoms with Crippen LogP contribution in [0.1, 0.15) is 45.2 Å². The minimum Gasteiger partial charge on any atom is -0.362 e. The van der Waals surface area contributed by atoms with Crippen molar-refractivity contribution < 1.29 is 4.39 Å². The first kappa shape index (κ1) is 20.1. The number of hydrogen-bond acceptors (Lipinski definition) is 2. The molecule has 0 aromatic heterocycles. The molecule has 142 valence electrons. The predicted octanol–water partition coefficient (Wildman–Crippen LogP) is 7.40. The number of anilines is 1. The second-order valence-corrected chi connectivity index (χ2v) is 8.64. The number of nitrogens with zero attached hydrogens (tertiary/aromatic N) is 2. The molecule has 2 aromatic rings. The summed E-state index contributed by atoms with van der Waals surface area (Å²) in [6.45, 7) is 9.44. The summed E-state index contributed by atoms with van der Waals surface area (Å²) in [5.41, 5.74) is 4.17. The van der Waals surface area contributed by atoms with Crippen LogP contribution >= 0.6 is 27.5 Å². The van der Waals surface area contributed by atoms with E-state index in [-0.39, 0.29) is 11.4 Å². The van der Waals surface area contributed by atoms with Crippen LogP contribution in [0.5, 0.6) is 0 Å². The Morgan fingerprint density at radius 1 is 1.26 bits per heavy atom. The summed E-state index contributed by atoms with van der Waals surface area (Å²) in [6.07, 6.45) is 4.82. The summed E-state index contributed by atoms with van der Waals surface area (Å²) in [7, 11) is 0. The third-order valence-corrected chi connectivity index (χ3v) is 6.03. The zero-order chi connectivity index (χ0) is 19.8. The Morgan fingerprint density at radius 3 is 2.67 bits per heavy atom. The largest absolute Gasteiger partial charge is 0.362 e. The summed E-state index contributed by atoms with van der Waals surface area (Å²) < 4.78 is 15.7. The number of hydrogen-bond donors (Lipinski definition) is 0. The van der Waals surface area contributed by atoms with Gasteiger partial charge in [0.05, 0.1) is 16.2 Å². The molecular formula is C22H23BrClFN2. The molecular weight excluding hydrogens is 427 g/mol. The highest BCUT2D eigenvalue weighted by Gasteiger charge is 2.31. The summed E-state index contributed by atoms with van der Waals surface area (Å²) in [4.78, 5) is 6.67. The molecule has 2 aromatic carbocycles. The maximum Gasteiger partial charge on any atom is 0.134 e. The first-order chi connectivity index (χ1) is 12.7. The number of benzene rings is 2. The molecule has 0 aliphatic carbocycles. The molecule has 0 amide bonds. The van der Waals surface area contributed by atoms with Crippen molar-refractivity contribution in [3.63, 3.8) is 0 Å². The third kappa shape index (κ3) is 4.12. The first-order valence-corrected chi connectivity index (χ1v) is 10.2. The molecule has 1 aliphatic rings. The first-order valence-electron chi connectivity index (χ1n) is 9.03. The van der Waals surface area contributed by atoms with Crippen molar-refractivity contribution in [1.29, 1.82) is 0 Å². The number of halogens is 3. The van der Waals surface area contributed by atoms with Crippen LogP contribution < -0.4 is 4.90 Å². The molecule has 0 saturated heterocycles. The van der Waals surface area contributed by atoms with Crippen molar-refractivity contribution in [2.75, 3.05) is 11.4 Å². The van der Waals surface area contributed by atoms with E-state index in [2.05, 4.69) is 59.6 Å². The molecule has 0 unspecified atom stereocenters. The monoisotopic (exact) mass is 448 g/mol. The van der Waals surface area contributed by atoms with Gasteiger partial charge in [0, 0.05) is 34.0 Å². The van der Waals surface area contributed by atoms with Gasteiger partial charge in [0.1, 0.15) is 5.82 Å². The molecule has 0 N–H and O–H groups in total. The lowest BCUT2D eigenvalue weighted by atomic mass is 9.87. The van der Waals surface area contributed by atoms with Crippen LogP contribution in [0.3, 0.4) is 0 Å². The zero-order valence-electron chi connectivity index (χ0n) is 16.0. The Balaban J connectivity index is 2.02. The van der Waals surface area contributed by atoms with Gasteiger partial charge in [0.2, 0.25) is 0 Å². The molecule has 1 heterocycles. The highest BCUT2D eigenvalue weighted by molar-refractivity contribution is 9.10. The van der Waals surface area contributed by atoms with Gasteiger partial charge in [-0.25, -0.2) is 4.39 Å². The molecule has 0 spiro atoms. The second kappa shape index (κ2) is 7.76. The topological polar surface area (TPSA) is 15.6 Å². The standard InChI is InChI=1S/C22H23BrClFN2/c1-5-8-27-21-11-20(25)15(9-17(21)14(2)12-22(27,3)4)13-26-16-6-7-18(23)19(24)10-16/h6-7,9-13H,5,8H2,1-4H3. The number of allylic oxidation sites excluding steroid dienone is 1. The van der Waals surface area contributed by atoms with E-state index < -0.39 is 0 Å². The molecule has 0 atom stereocenters. The molecule has 0 saturated carbocycles. The van der Waals surface area contributed by atoms with Crippen molar-refractivity contribution in [1.82, 2.24) is 0 Å². The quantitative estimate of drug-likeness (QED) is 0.444. The predicted molar refractivity (Wildman–Crippen MR) is 118 cm³/mol. The molecule has 0 bridgehead atoms. The van der Waals surface area contributed by atoms with E-state index in [0.717, 1.165) is 34.3 Å². The molecule has 5 heteroatoms. The van der Waals surface area contributed by atoms with Crippen molar-refractivity contribution >= 4 is 50.7 Å². The minimum atomic E-state index is -0.271. The normalized spacial score (nSPS) is 15.8. The van der Waals surface area contributed by atoms with Gasteiger partial charge in [-0.05, 0) is 79.0 Å². The summed E-state index contributed by atoms with van der Waals surface area (Å²) in [6, 6.07) is 8.93. The van der Waals surface area contributed by atoms with E-state index in [1.165, 1.54) is 0 Å². The Bertz CT molecular complexity index is 934. The van der Waals surface area contributed by atoms with Crippen LogP contribution in [0.15, 0.2) is 45.9 Å². The molecule has 2 nitrogen and oxygen atoms in total. The minimum absolute atomic E-state index is 0.136. The van der Waals surface area contributed by atoms with Crippen LogP contribution in [-0.4, -0.2) is 18.3 Å². The average Bonchev–Trinajstić information content (AvgIpc) is 2.59. The SMILES string of the molecule is CCCN1c2cc(F)c(C=Nc3ccc(Br)c(Cl)c3)cc2C(C)=CC1(C)C. The van der Waals surface area contributed by atoms with Gasteiger partial charge >= 0.3 is 0 Å². The van der Waals surface area contributed by atoms with Crippen LogP contribution in [0.25, 0.3) is 5.57 Å². The van der Waals surface area contributed by atoms with E-state index in [0.29, 0.717) is 16.3 Å². The molecule has 1 aliphatic heterocycles. The van der Waals surface area contributed by atoms with Crippen molar-refractivity contribution in [3.8, 4) is 0 Å². The number of fused-ring (bicyclic) bond motifs is 1. The van der Waals surface area contributed by atoms with Gasteiger partial charge in [0.25, 0.3) is 0 Å². The van der Waals surface area contributed by atoms with E-state index >= 15 is 0 Å². The van der Waals surface area contributed by atoms with Gasteiger partial charge in [-0.15, -0.1) is 0 Å². The highest BCUT2D eigenvalue weighted by atomic mass is 79.9. The highest BCUT2D eigenvalue weighted by Crippen LogP contribution is 2.40. The maximum absolute atomic E-state index is 14.8. The lowest BCUT2D eigenvalue weighted by molar-refractivity contribution is 0.546. The van der Waals surface area contributed by atoms with E-state index in [1.807, 2.05) is 18.2 Å². The van der Waals surface area contributed by atoms with Crippen LogP contribution in [0.2, 0.25) is 5.02 Å². The fourth-order valence-electron chi connectivity index (χ4n) is 3.56. The second-order valence-electron chi connectivity index (χ2n) is 7.38. The lowest BCUT2D eigenvalue weighted by Crippen LogP contribution is -2.45. The molecule has 0 radical (unpaired) electrons.